The van der Waals surface area contributed by atoms with Crippen molar-refractivity contribution in [3.05, 3.63) is 83.6 Å². The van der Waals surface area contributed by atoms with Crippen LogP contribution in [0.5, 0.6) is 0 Å². The molecular formula is C26H26F3N3O3. The third-order valence-electron chi connectivity index (χ3n) is 5.50. The Morgan fingerprint density at radius 2 is 1.57 bits per heavy atom. The molecule has 6 nitrogen and oxygen atoms in total. The average Bonchev–Trinajstić information content (AvgIpc) is 2.84. The molecule has 9 heteroatoms. The highest BCUT2D eigenvalue weighted by molar-refractivity contribution is 5.96. The van der Waals surface area contributed by atoms with E-state index in [0.717, 1.165) is 36.1 Å². The molecule has 0 saturated carbocycles. The molecule has 1 heterocycles. The number of carbonyl (C=O) groups excluding carboxylic acids is 1. The number of rotatable bonds is 9. The zero-order chi connectivity index (χ0) is 25.6. The number of carboxylic acid groups (broad SMARTS) is 1. The number of alkyl halides is 3. The molecule has 0 fully saturated rings. The Morgan fingerprint density at radius 1 is 0.971 bits per heavy atom. The minimum Gasteiger partial charge on any atom is -0.480 e. The van der Waals surface area contributed by atoms with Gasteiger partial charge in [-0.15, -0.1) is 0 Å². The van der Waals surface area contributed by atoms with Gasteiger partial charge in [0.15, 0.2) is 0 Å². The van der Waals surface area contributed by atoms with Crippen LogP contribution in [0.3, 0.4) is 0 Å². The summed E-state index contributed by atoms with van der Waals surface area (Å²) in [6, 6.07) is 14.8. The Kier molecular flexibility index (Phi) is 8.11. The summed E-state index contributed by atoms with van der Waals surface area (Å²) >= 11 is 0. The van der Waals surface area contributed by atoms with Gasteiger partial charge in [-0.2, -0.15) is 13.2 Å². The van der Waals surface area contributed by atoms with Crippen LogP contribution < -0.4 is 10.6 Å². The molecule has 184 valence electrons. The van der Waals surface area contributed by atoms with Crippen LogP contribution in [0.4, 0.5) is 19.0 Å². The van der Waals surface area contributed by atoms with Crippen LogP contribution in [-0.4, -0.2) is 28.0 Å². The maximum absolute atomic E-state index is 12.8. The van der Waals surface area contributed by atoms with Crippen LogP contribution in [0.15, 0.2) is 66.9 Å². The Balaban J connectivity index is 1.70. The Hall–Kier alpha value is -3.88. The third kappa shape index (κ3) is 6.81. The molecule has 2 atom stereocenters. The summed E-state index contributed by atoms with van der Waals surface area (Å²) < 4.78 is 38.4. The second-order valence-corrected chi connectivity index (χ2v) is 8.15. The molecule has 1 amide bonds. The molecule has 0 spiro atoms. The fourth-order valence-corrected chi connectivity index (χ4v) is 3.50. The highest BCUT2D eigenvalue weighted by Crippen LogP contribution is 2.32. The number of benzene rings is 2. The van der Waals surface area contributed by atoms with Crippen LogP contribution in [-0.2, 0) is 11.0 Å². The van der Waals surface area contributed by atoms with Gasteiger partial charge in [0, 0.05) is 6.20 Å². The summed E-state index contributed by atoms with van der Waals surface area (Å²) in [4.78, 5) is 27.3. The van der Waals surface area contributed by atoms with Crippen molar-refractivity contribution in [1.29, 1.82) is 0 Å². The number of carbonyl (C=O) groups is 2. The van der Waals surface area contributed by atoms with Gasteiger partial charge in [-0.1, -0.05) is 49.7 Å². The van der Waals surface area contributed by atoms with Crippen molar-refractivity contribution >= 4 is 17.7 Å². The standard InChI is InChI=1S/C26H26F3N3O3/c1-3-4-22(32-23-14-11-20(15-30-23)24(33)31-16(2)25(34)35)19-7-5-17(6-8-19)18-9-12-21(13-10-18)26(27,28)29/h5-16,22H,3-4H2,1-2H3,(H,30,32)(H,31,33)(H,34,35). The van der Waals surface area contributed by atoms with Crippen molar-refractivity contribution in [1.82, 2.24) is 10.3 Å². The molecule has 2 aromatic carbocycles. The van der Waals surface area contributed by atoms with E-state index in [1.165, 1.54) is 25.3 Å². The van der Waals surface area contributed by atoms with E-state index in [2.05, 4.69) is 22.5 Å². The lowest BCUT2D eigenvalue weighted by Gasteiger charge is -2.20. The number of pyridine rings is 1. The fourth-order valence-electron chi connectivity index (χ4n) is 3.50. The molecule has 3 rings (SSSR count). The van der Waals surface area contributed by atoms with Crippen molar-refractivity contribution < 1.29 is 27.9 Å². The van der Waals surface area contributed by atoms with Gasteiger partial charge in [-0.25, -0.2) is 4.98 Å². The molecule has 1 aromatic heterocycles. The molecule has 3 aromatic rings. The molecular weight excluding hydrogens is 459 g/mol. The maximum Gasteiger partial charge on any atom is 0.416 e. The van der Waals surface area contributed by atoms with Crippen LogP contribution in [0, 0.1) is 0 Å². The van der Waals surface area contributed by atoms with Gasteiger partial charge >= 0.3 is 12.1 Å². The third-order valence-corrected chi connectivity index (χ3v) is 5.50. The van der Waals surface area contributed by atoms with Gasteiger partial charge in [-0.05, 0) is 54.3 Å². The van der Waals surface area contributed by atoms with Gasteiger partial charge in [-0.3, -0.25) is 9.59 Å². The topological polar surface area (TPSA) is 91.3 Å². The second kappa shape index (κ2) is 11.0. The molecule has 0 bridgehead atoms. The number of halogens is 3. The Labute approximate surface area is 201 Å². The molecule has 0 aliphatic rings. The van der Waals surface area contributed by atoms with E-state index in [4.69, 9.17) is 5.11 Å². The van der Waals surface area contributed by atoms with E-state index >= 15 is 0 Å². The number of hydrogen-bond donors (Lipinski definition) is 3. The minimum absolute atomic E-state index is 0.0686. The van der Waals surface area contributed by atoms with Crippen LogP contribution in [0.25, 0.3) is 11.1 Å². The van der Waals surface area contributed by atoms with Crippen LogP contribution >= 0.6 is 0 Å². The molecule has 0 saturated heterocycles. The normalized spacial score (nSPS) is 13.1. The smallest absolute Gasteiger partial charge is 0.416 e. The monoisotopic (exact) mass is 485 g/mol. The lowest BCUT2D eigenvalue weighted by molar-refractivity contribution is -0.139. The van der Waals surface area contributed by atoms with Gasteiger partial charge < -0.3 is 15.7 Å². The summed E-state index contributed by atoms with van der Waals surface area (Å²) in [6.45, 7) is 3.43. The number of amides is 1. The zero-order valence-electron chi connectivity index (χ0n) is 19.3. The van der Waals surface area contributed by atoms with Crippen molar-refractivity contribution in [2.75, 3.05) is 5.32 Å². The predicted octanol–water partition coefficient (Wildman–Crippen LogP) is 5.92. The number of anilines is 1. The summed E-state index contributed by atoms with van der Waals surface area (Å²) in [5.74, 6) is -1.10. The Morgan fingerprint density at radius 3 is 2.06 bits per heavy atom. The van der Waals surface area contributed by atoms with E-state index < -0.39 is 29.7 Å². The van der Waals surface area contributed by atoms with Gasteiger partial charge in [0.1, 0.15) is 11.9 Å². The number of carboxylic acids is 1. The molecule has 0 radical (unpaired) electrons. The summed E-state index contributed by atoms with van der Waals surface area (Å²) in [6.07, 6.45) is -1.29. The van der Waals surface area contributed by atoms with E-state index in [-0.39, 0.29) is 11.6 Å². The lowest BCUT2D eigenvalue weighted by Crippen LogP contribution is -2.38. The first-order valence-corrected chi connectivity index (χ1v) is 11.1. The molecule has 3 N–H and O–H groups in total. The molecule has 0 aliphatic heterocycles. The molecule has 0 aliphatic carbocycles. The number of nitrogens with one attached hydrogen (secondary N) is 2. The highest BCUT2D eigenvalue weighted by Gasteiger charge is 2.30. The van der Waals surface area contributed by atoms with Crippen molar-refractivity contribution in [3.8, 4) is 11.1 Å². The average molecular weight is 486 g/mol. The van der Waals surface area contributed by atoms with Gasteiger partial charge in [0.25, 0.3) is 5.91 Å². The van der Waals surface area contributed by atoms with Crippen molar-refractivity contribution in [3.63, 3.8) is 0 Å². The second-order valence-electron chi connectivity index (χ2n) is 8.15. The number of hydrogen-bond acceptors (Lipinski definition) is 4. The van der Waals surface area contributed by atoms with Crippen molar-refractivity contribution in [2.45, 2.75) is 44.9 Å². The first-order valence-electron chi connectivity index (χ1n) is 11.1. The van der Waals surface area contributed by atoms with E-state index in [9.17, 15) is 22.8 Å². The summed E-state index contributed by atoms with van der Waals surface area (Å²) in [5.41, 5.74) is 2.05. The van der Waals surface area contributed by atoms with E-state index in [0.29, 0.717) is 11.4 Å². The summed E-state index contributed by atoms with van der Waals surface area (Å²) in [7, 11) is 0. The summed E-state index contributed by atoms with van der Waals surface area (Å²) in [5, 5.41) is 14.6. The van der Waals surface area contributed by atoms with Crippen molar-refractivity contribution in [2.24, 2.45) is 0 Å². The fraction of sp³-hybridized carbons (Fsp3) is 0.269. The molecule has 2 unspecified atom stereocenters. The van der Waals surface area contributed by atoms with Crippen LogP contribution in [0.2, 0.25) is 0 Å². The van der Waals surface area contributed by atoms with Gasteiger partial charge in [0.05, 0.1) is 17.2 Å². The number of aromatic nitrogens is 1. The van der Waals surface area contributed by atoms with Crippen LogP contribution in [0.1, 0.15) is 54.2 Å². The largest absolute Gasteiger partial charge is 0.480 e. The first kappa shape index (κ1) is 25.7. The van der Waals surface area contributed by atoms with E-state index in [1.54, 1.807) is 12.1 Å². The quantitative estimate of drug-likeness (QED) is 0.350. The minimum atomic E-state index is -4.37. The highest BCUT2D eigenvalue weighted by atomic mass is 19.4. The predicted molar refractivity (Wildman–Crippen MR) is 127 cm³/mol. The molecule has 35 heavy (non-hydrogen) atoms. The lowest BCUT2D eigenvalue weighted by atomic mass is 9.98. The maximum atomic E-state index is 12.8. The first-order chi connectivity index (χ1) is 16.6. The SMILES string of the molecule is CCCC(Nc1ccc(C(=O)NC(C)C(=O)O)cn1)c1ccc(-c2ccc(C(F)(F)F)cc2)cc1. The van der Waals surface area contributed by atoms with E-state index in [1.807, 2.05) is 24.3 Å². The number of nitrogens with zero attached hydrogens (tertiary/aromatic N) is 1. The zero-order valence-corrected chi connectivity index (χ0v) is 19.3. The number of aliphatic carboxylic acids is 1. The Bertz CT molecular complexity index is 1150. The van der Waals surface area contributed by atoms with Gasteiger partial charge in [0.2, 0.25) is 0 Å².